The summed E-state index contributed by atoms with van der Waals surface area (Å²) in [6.45, 7) is 17.0. The van der Waals surface area contributed by atoms with Crippen molar-refractivity contribution in [1.82, 2.24) is 60.4 Å². The first kappa shape index (κ1) is 52.4. The van der Waals surface area contributed by atoms with E-state index in [2.05, 4.69) is 45.9 Å². The summed E-state index contributed by atoms with van der Waals surface area (Å²) >= 11 is 0. The van der Waals surface area contributed by atoms with Crippen molar-refractivity contribution in [3.63, 3.8) is 0 Å². The molecule has 8 rings (SSSR count). The predicted octanol–water partition coefficient (Wildman–Crippen LogP) is 7.22. The Labute approximate surface area is 397 Å². The van der Waals surface area contributed by atoms with Crippen LogP contribution in [-0.4, -0.2) is 137 Å². The number of nitrogens with one attached hydrogen (secondary N) is 2. The number of hydrogen-bond donors (Lipinski definition) is 2. The second kappa shape index (κ2) is 22.2. The van der Waals surface area contributed by atoms with Gasteiger partial charge in [0.25, 0.3) is 0 Å². The number of aromatic nitrogens is 8. The molecular formula is C45H52F6N12O7. The third kappa shape index (κ3) is 15.0. The van der Waals surface area contributed by atoms with Crippen LogP contribution in [0.1, 0.15) is 84.8 Å². The average molecular weight is 987 g/mol. The average Bonchev–Trinajstić information content (AvgIpc) is 4.15. The standard InChI is InChI=1S/C23H25F3N6O4.C14H15F3N4O.C8H12N2O2/c1-22(2,3)36-20(33)18-6-7-32(29-18)21(34)31-10-8-30(9-11-31)13-15-4-5-17(23(24,25)26)16(12-15)19-28-27-14-35-19;15-14(16,17)12-2-1-10(8-21-5-3-18-4-6-21)7-11(12)13-20-19-9-22-13;1-8(2,3)12-7(11)6-4-5-9-10-6/h4-7,12,14H,8-11,13H2,1-3H3;1-2,7,9,18H,3-6,8H2;4-5H,1-3H3,(H,9,10). The Kier molecular flexibility index (Phi) is 16.6. The molecule has 376 valence electrons. The van der Waals surface area contributed by atoms with Crippen LogP contribution >= 0.6 is 0 Å². The van der Waals surface area contributed by atoms with Gasteiger partial charge in [0.1, 0.15) is 16.9 Å². The highest BCUT2D eigenvalue weighted by molar-refractivity contribution is 5.88. The number of carbonyl (C=O) groups excluding carboxylic acids is 3. The summed E-state index contributed by atoms with van der Waals surface area (Å²) in [6.07, 6.45) is -4.09. The fourth-order valence-electron chi connectivity index (χ4n) is 7.01. The smallest absolute Gasteiger partial charge is 0.417 e. The Morgan fingerprint density at radius 2 is 1.16 bits per heavy atom. The van der Waals surface area contributed by atoms with E-state index < -0.39 is 40.7 Å². The van der Waals surface area contributed by atoms with Crippen molar-refractivity contribution in [2.75, 3.05) is 52.4 Å². The maximum absolute atomic E-state index is 13.4. The Bertz CT molecular complexity index is 2630. The molecule has 2 N–H and O–H groups in total. The molecule has 2 aromatic carbocycles. The third-order valence-electron chi connectivity index (χ3n) is 10.1. The maximum atomic E-state index is 13.4. The van der Waals surface area contributed by atoms with Crippen LogP contribution in [0, 0.1) is 0 Å². The van der Waals surface area contributed by atoms with E-state index in [1.165, 1.54) is 42.7 Å². The molecule has 0 saturated carbocycles. The number of nitrogens with zero attached hydrogens (tertiary/aromatic N) is 10. The number of halogens is 6. The zero-order chi connectivity index (χ0) is 50.9. The highest BCUT2D eigenvalue weighted by atomic mass is 19.4. The van der Waals surface area contributed by atoms with Crippen LogP contribution in [0.2, 0.25) is 0 Å². The summed E-state index contributed by atoms with van der Waals surface area (Å²) < 4.78 is 101. The Morgan fingerprint density at radius 1 is 0.657 bits per heavy atom. The molecule has 0 spiro atoms. The van der Waals surface area contributed by atoms with Crippen molar-refractivity contribution >= 4 is 18.0 Å². The monoisotopic (exact) mass is 986 g/mol. The fraction of sp³-hybridized carbons (Fsp3) is 0.444. The number of hydrogen-bond acceptors (Lipinski definition) is 16. The molecule has 2 saturated heterocycles. The van der Waals surface area contributed by atoms with E-state index in [-0.39, 0.29) is 40.6 Å². The largest absolute Gasteiger partial charge is 0.455 e. The molecule has 0 aliphatic carbocycles. The van der Waals surface area contributed by atoms with Gasteiger partial charge in [0.05, 0.1) is 22.3 Å². The van der Waals surface area contributed by atoms with E-state index in [1.54, 1.807) is 31.7 Å². The van der Waals surface area contributed by atoms with E-state index >= 15 is 0 Å². The summed E-state index contributed by atoms with van der Waals surface area (Å²) in [5, 5.41) is 27.6. The van der Waals surface area contributed by atoms with Crippen LogP contribution in [-0.2, 0) is 34.9 Å². The zero-order valence-electron chi connectivity index (χ0n) is 39.1. The molecule has 0 unspecified atom stereocenters. The highest BCUT2D eigenvalue weighted by Crippen LogP contribution is 2.38. The topological polar surface area (TPSA) is 216 Å². The van der Waals surface area contributed by atoms with Crippen LogP contribution in [0.4, 0.5) is 31.1 Å². The Hall–Kier alpha value is -6.99. The normalized spacial score (nSPS) is 15.1. The second-order valence-corrected chi connectivity index (χ2v) is 17.9. The SMILES string of the molecule is CC(C)(C)OC(=O)c1ccn(C(=O)N2CCN(Cc3ccc(C(F)(F)F)c(-c4nnco4)c3)CC2)n1.CC(C)(C)OC(=O)c1ccn[nH]1.FC(F)(F)c1ccc(CN2CCNCC2)cc1-c1nnco1. The molecule has 0 atom stereocenters. The molecule has 70 heavy (non-hydrogen) atoms. The lowest BCUT2D eigenvalue weighted by atomic mass is 10.0. The quantitative estimate of drug-likeness (QED) is 0.114. The molecule has 1 amide bonds. The Balaban J connectivity index is 0.000000199. The third-order valence-corrected chi connectivity index (χ3v) is 10.1. The van der Waals surface area contributed by atoms with Gasteiger partial charge in [0, 0.05) is 77.8 Å². The number of H-pyrrole nitrogens is 1. The van der Waals surface area contributed by atoms with Crippen LogP contribution in [0.3, 0.4) is 0 Å². The first-order valence-electron chi connectivity index (χ1n) is 21.8. The molecule has 6 heterocycles. The van der Waals surface area contributed by atoms with Gasteiger partial charge in [-0.3, -0.25) is 14.9 Å². The van der Waals surface area contributed by atoms with Gasteiger partial charge >= 0.3 is 30.3 Å². The number of carbonyl (C=O) groups is 3. The van der Waals surface area contributed by atoms with E-state index in [0.717, 1.165) is 61.3 Å². The van der Waals surface area contributed by atoms with E-state index in [1.807, 2.05) is 25.7 Å². The van der Waals surface area contributed by atoms with Crippen LogP contribution in [0.15, 0.2) is 82.5 Å². The molecular weight excluding hydrogens is 935 g/mol. The Morgan fingerprint density at radius 3 is 1.60 bits per heavy atom. The number of aromatic amines is 1. The summed E-state index contributed by atoms with van der Waals surface area (Å²) in [6, 6.07) is 10.5. The molecule has 19 nitrogen and oxygen atoms in total. The number of amides is 1. The van der Waals surface area contributed by atoms with Crippen LogP contribution in [0.5, 0.6) is 0 Å². The van der Waals surface area contributed by atoms with Crippen molar-refractivity contribution < 1.29 is 59.0 Å². The number of rotatable bonds is 8. The molecule has 2 aliphatic rings. The van der Waals surface area contributed by atoms with Crippen molar-refractivity contribution in [2.45, 2.75) is 78.2 Å². The summed E-state index contributed by atoms with van der Waals surface area (Å²) in [5.41, 5.74) is -1.14. The number of piperazine rings is 2. The van der Waals surface area contributed by atoms with Gasteiger partial charge in [-0.25, -0.2) is 14.4 Å². The lowest BCUT2D eigenvalue weighted by Crippen LogP contribution is -2.49. The van der Waals surface area contributed by atoms with Gasteiger partial charge in [-0.1, -0.05) is 12.1 Å². The zero-order valence-corrected chi connectivity index (χ0v) is 39.1. The predicted molar refractivity (Wildman–Crippen MR) is 236 cm³/mol. The molecule has 0 bridgehead atoms. The molecule has 4 aromatic heterocycles. The second-order valence-electron chi connectivity index (χ2n) is 17.9. The number of esters is 2. The fourth-order valence-corrected chi connectivity index (χ4v) is 7.01. The molecule has 6 aromatic rings. The van der Waals surface area contributed by atoms with Crippen LogP contribution < -0.4 is 5.32 Å². The lowest BCUT2D eigenvalue weighted by Gasteiger charge is -2.34. The molecule has 2 aliphatic heterocycles. The summed E-state index contributed by atoms with van der Waals surface area (Å²) in [5.74, 6) is -1.31. The van der Waals surface area contributed by atoms with Gasteiger partial charge < -0.3 is 28.5 Å². The van der Waals surface area contributed by atoms with Gasteiger partial charge in [-0.15, -0.1) is 20.4 Å². The van der Waals surface area contributed by atoms with Gasteiger partial charge in [-0.05, 0) is 89.1 Å². The minimum atomic E-state index is -4.57. The molecule has 0 radical (unpaired) electrons. The van der Waals surface area contributed by atoms with Crippen molar-refractivity contribution in [1.29, 1.82) is 0 Å². The minimum Gasteiger partial charge on any atom is -0.455 e. The lowest BCUT2D eigenvalue weighted by molar-refractivity contribution is -0.138. The van der Waals surface area contributed by atoms with Crippen LogP contribution in [0.25, 0.3) is 22.9 Å². The molecule has 2 fully saturated rings. The number of ether oxygens (including phenoxy) is 2. The summed E-state index contributed by atoms with van der Waals surface area (Å²) in [4.78, 5) is 42.0. The number of alkyl halides is 6. The first-order valence-corrected chi connectivity index (χ1v) is 21.8. The van der Waals surface area contributed by atoms with Gasteiger partial charge in [0.2, 0.25) is 24.6 Å². The maximum Gasteiger partial charge on any atom is 0.417 e. The molecule has 25 heteroatoms. The van der Waals surface area contributed by atoms with Crippen molar-refractivity contribution in [2.24, 2.45) is 0 Å². The number of benzene rings is 2. The van der Waals surface area contributed by atoms with Crippen molar-refractivity contribution in [3.05, 3.63) is 107 Å². The van der Waals surface area contributed by atoms with Crippen molar-refractivity contribution in [3.8, 4) is 22.9 Å². The first-order chi connectivity index (χ1) is 32.9. The van der Waals surface area contributed by atoms with Gasteiger partial charge in [-0.2, -0.15) is 41.2 Å². The van der Waals surface area contributed by atoms with Gasteiger partial charge in [0.15, 0.2) is 5.69 Å². The minimum absolute atomic E-state index is 0.0382. The van der Waals surface area contributed by atoms with E-state index in [9.17, 15) is 40.7 Å². The highest BCUT2D eigenvalue weighted by Gasteiger charge is 2.36. The van der Waals surface area contributed by atoms with E-state index in [0.29, 0.717) is 50.5 Å². The van der Waals surface area contributed by atoms with E-state index in [4.69, 9.17) is 18.3 Å². The summed E-state index contributed by atoms with van der Waals surface area (Å²) in [7, 11) is 0.